The van der Waals surface area contributed by atoms with Crippen LogP contribution in [0.25, 0.3) is 0 Å². The Morgan fingerprint density at radius 2 is 2.00 bits per heavy atom. The number of methoxy groups -OCH3 is 1. The monoisotopic (exact) mass is 281 g/mol. The largest absolute Gasteiger partial charge is 0.496 e. The Morgan fingerprint density at radius 3 is 2.58 bits per heavy atom. The summed E-state index contributed by atoms with van der Waals surface area (Å²) in [4.78, 5) is 0. The van der Waals surface area contributed by atoms with Gasteiger partial charge < -0.3 is 10.5 Å². The predicted octanol–water partition coefficient (Wildman–Crippen LogP) is 4.56. The van der Waals surface area contributed by atoms with Gasteiger partial charge in [-0.15, -0.1) is 0 Å². The Bertz CT molecular complexity index is 413. The lowest BCUT2D eigenvalue weighted by atomic mass is 9.76. The Balaban J connectivity index is 2.09. The Labute approximate surface area is 121 Å². The third kappa shape index (κ3) is 3.43. The van der Waals surface area contributed by atoms with Crippen LogP contribution in [-0.2, 0) is 0 Å². The molecule has 1 aromatic rings. The molecule has 106 valence electrons. The van der Waals surface area contributed by atoms with Gasteiger partial charge in [0.2, 0.25) is 0 Å². The van der Waals surface area contributed by atoms with Gasteiger partial charge in [-0.1, -0.05) is 43.9 Å². The lowest BCUT2D eigenvalue weighted by molar-refractivity contribution is 0.237. The third-order valence-electron chi connectivity index (χ3n) is 4.53. The highest BCUT2D eigenvalue weighted by atomic mass is 35.5. The van der Waals surface area contributed by atoms with Crippen LogP contribution in [0.3, 0.4) is 0 Å². The van der Waals surface area contributed by atoms with Crippen molar-refractivity contribution in [3.05, 3.63) is 28.8 Å². The topological polar surface area (TPSA) is 35.2 Å². The summed E-state index contributed by atoms with van der Waals surface area (Å²) in [5.41, 5.74) is 7.55. The Morgan fingerprint density at radius 1 is 1.32 bits per heavy atom. The van der Waals surface area contributed by atoms with E-state index in [0.717, 1.165) is 17.2 Å². The molecule has 1 aliphatic carbocycles. The number of hydrogen-bond acceptors (Lipinski definition) is 2. The molecule has 0 aromatic heterocycles. The van der Waals surface area contributed by atoms with Crippen LogP contribution >= 0.6 is 11.6 Å². The van der Waals surface area contributed by atoms with E-state index in [1.54, 1.807) is 7.11 Å². The molecule has 19 heavy (non-hydrogen) atoms. The summed E-state index contributed by atoms with van der Waals surface area (Å²) in [5, 5.41) is 0.697. The van der Waals surface area contributed by atoms with Crippen molar-refractivity contribution in [2.75, 3.05) is 7.11 Å². The van der Waals surface area contributed by atoms with E-state index in [1.165, 1.54) is 32.1 Å². The minimum absolute atomic E-state index is 0.0602. The molecule has 0 radical (unpaired) electrons. The maximum Gasteiger partial charge on any atom is 0.125 e. The van der Waals surface area contributed by atoms with Crippen molar-refractivity contribution in [2.45, 2.75) is 45.1 Å². The molecule has 0 aliphatic heterocycles. The summed E-state index contributed by atoms with van der Waals surface area (Å²) in [5.74, 6) is 2.28. The second-order valence-corrected chi connectivity index (χ2v) is 6.04. The minimum atomic E-state index is 0.0602. The molecule has 3 heteroatoms. The van der Waals surface area contributed by atoms with E-state index in [2.05, 4.69) is 6.92 Å². The van der Waals surface area contributed by atoms with Gasteiger partial charge in [0, 0.05) is 16.6 Å². The van der Waals surface area contributed by atoms with Gasteiger partial charge in [-0.2, -0.15) is 0 Å². The second-order valence-electron chi connectivity index (χ2n) is 5.60. The quantitative estimate of drug-likeness (QED) is 0.878. The third-order valence-corrected chi connectivity index (χ3v) is 4.77. The van der Waals surface area contributed by atoms with E-state index >= 15 is 0 Å². The van der Waals surface area contributed by atoms with Crippen LogP contribution in [0, 0.1) is 11.8 Å². The fourth-order valence-corrected chi connectivity index (χ4v) is 3.33. The molecule has 1 aliphatic rings. The number of halogens is 1. The van der Waals surface area contributed by atoms with E-state index in [4.69, 9.17) is 22.1 Å². The molecular weight excluding hydrogens is 258 g/mol. The number of hydrogen-bond donors (Lipinski definition) is 1. The summed E-state index contributed by atoms with van der Waals surface area (Å²) < 4.78 is 5.42. The van der Waals surface area contributed by atoms with Gasteiger partial charge in [-0.05, 0) is 36.8 Å². The number of nitrogens with two attached hydrogens (primary N) is 1. The molecule has 0 amide bonds. The van der Waals surface area contributed by atoms with Crippen LogP contribution in [0.5, 0.6) is 5.75 Å². The summed E-state index contributed by atoms with van der Waals surface area (Å²) in [6.07, 6.45) is 6.37. The summed E-state index contributed by atoms with van der Waals surface area (Å²) in [7, 11) is 1.68. The van der Waals surface area contributed by atoms with Gasteiger partial charge in [0.1, 0.15) is 5.75 Å². The summed E-state index contributed by atoms with van der Waals surface area (Å²) >= 11 is 6.00. The van der Waals surface area contributed by atoms with Gasteiger partial charge >= 0.3 is 0 Å². The molecule has 1 saturated carbocycles. The maximum atomic E-state index is 6.46. The van der Waals surface area contributed by atoms with Crippen LogP contribution in [0.1, 0.15) is 50.6 Å². The van der Waals surface area contributed by atoms with Crippen LogP contribution in [0.15, 0.2) is 18.2 Å². The van der Waals surface area contributed by atoms with Crippen molar-refractivity contribution in [1.82, 2.24) is 0 Å². The molecular formula is C16H24ClNO. The number of benzene rings is 1. The molecule has 2 nitrogen and oxygen atoms in total. The molecule has 2 rings (SSSR count). The van der Waals surface area contributed by atoms with Crippen molar-refractivity contribution >= 4 is 11.6 Å². The van der Waals surface area contributed by atoms with Crippen molar-refractivity contribution in [3.63, 3.8) is 0 Å². The Hall–Kier alpha value is -0.730. The predicted molar refractivity (Wildman–Crippen MR) is 80.7 cm³/mol. The lowest BCUT2D eigenvalue weighted by Crippen LogP contribution is -2.26. The van der Waals surface area contributed by atoms with Gasteiger partial charge in [0.15, 0.2) is 0 Å². The first-order chi connectivity index (χ1) is 9.15. The average molecular weight is 282 g/mol. The van der Waals surface area contributed by atoms with Gasteiger partial charge in [-0.25, -0.2) is 0 Å². The van der Waals surface area contributed by atoms with E-state index in [9.17, 15) is 0 Å². The normalized spacial score (nSPS) is 25.1. The first kappa shape index (κ1) is 14.7. The Kier molecular flexibility index (Phi) is 5.12. The van der Waals surface area contributed by atoms with E-state index in [1.807, 2.05) is 18.2 Å². The summed E-state index contributed by atoms with van der Waals surface area (Å²) in [6, 6.07) is 5.83. The smallest absolute Gasteiger partial charge is 0.125 e. The molecule has 1 aromatic carbocycles. The zero-order valence-electron chi connectivity index (χ0n) is 11.9. The van der Waals surface area contributed by atoms with Crippen LogP contribution in [0.4, 0.5) is 0 Å². The molecule has 1 fully saturated rings. The fraction of sp³-hybridized carbons (Fsp3) is 0.625. The first-order valence-corrected chi connectivity index (χ1v) is 7.62. The highest BCUT2D eigenvalue weighted by Crippen LogP contribution is 2.39. The number of ether oxygens (including phenoxy) is 1. The van der Waals surface area contributed by atoms with Crippen molar-refractivity contribution in [2.24, 2.45) is 17.6 Å². The first-order valence-electron chi connectivity index (χ1n) is 7.24. The van der Waals surface area contributed by atoms with Gasteiger partial charge in [-0.3, -0.25) is 0 Å². The van der Waals surface area contributed by atoms with Crippen molar-refractivity contribution in [3.8, 4) is 5.75 Å². The second kappa shape index (κ2) is 6.62. The highest BCUT2D eigenvalue weighted by molar-refractivity contribution is 6.30. The molecule has 0 heterocycles. The SMILES string of the molecule is CCC1CCC(C(N)c2ccc(Cl)cc2OC)CC1. The summed E-state index contributed by atoms with van der Waals surface area (Å²) in [6.45, 7) is 2.28. The zero-order valence-corrected chi connectivity index (χ0v) is 12.6. The average Bonchev–Trinajstić information content (AvgIpc) is 2.46. The molecule has 1 atom stereocenters. The number of rotatable bonds is 4. The molecule has 1 unspecified atom stereocenters. The maximum absolute atomic E-state index is 6.46. The highest BCUT2D eigenvalue weighted by Gasteiger charge is 2.27. The molecule has 0 bridgehead atoms. The van der Waals surface area contributed by atoms with Gasteiger partial charge in [0.05, 0.1) is 7.11 Å². The van der Waals surface area contributed by atoms with E-state index in [-0.39, 0.29) is 6.04 Å². The van der Waals surface area contributed by atoms with Gasteiger partial charge in [0.25, 0.3) is 0 Å². The lowest BCUT2D eigenvalue weighted by Gasteiger charge is -2.32. The molecule has 2 N–H and O–H groups in total. The van der Waals surface area contributed by atoms with Crippen molar-refractivity contribution < 1.29 is 4.74 Å². The fourth-order valence-electron chi connectivity index (χ4n) is 3.17. The van der Waals surface area contributed by atoms with Crippen molar-refractivity contribution in [1.29, 1.82) is 0 Å². The van der Waals surface area contributed by atoms with E-state index < -0.39 is 0 Å². The molecule has 0 saturated heterocycles. The van der Waals surface area contributed by atoms with Crippen LogP contribution < -0.4 is 10.5 Å². The minimum Gasteiger partial charge on any atom is -0.496 e. The van der Waals surface area contributed by atoms with E-state index in [0.29, 0.717) is 10.9 Å². The zero-order chi connectivity index (χ0) is 13.8. The van der Waals surface area contributed by atoms with Crippen LogP contribution in [-0.4, -0.2) is 7.11 Å². The standard InChI is InChI=1S/C16H24ClNO/c1-3-11-4-6-12(7-5-11)16(18)14-9-8-13(17)10-15(14)19-2/h8-12,16H,3-7,18H2,1-2H3. The molecule has 0 spiro atoms. The van der Waals surface area contributed by atoms with Crippen LogP contribution in [0.2, 0.25) is 5.02 Å².